The fourth-order valence-corrected chi connectivity index (χ4v) is 1.63. The minimum absolute atomic E-state index is 0.248. The third-order valence-corrected chi connectivity index (χ3v) is 2.28. The standard InChI is InChI=1S/C11H11ClN2O/c1-7-3-8(2)5-9(4-7)11-14-13-10(6-12)15-11/h3-5H,6H2,1-2H3. The molecule has 4 heteroatoms. The van der Waals surface area contributed by atoms with Gasteiger partial charge < -0.3 is 4.42 Å². The van der Waals surface area contributed by atoms with E-state index in [-0.39, 0.29) is 5.88 Å². The SMILES string of the molecule is Cc1cc(C)cc(-c2nnc(CCl)o2)c1. The van der Waals surface area contributed by atoms with Crippen LogP contribution in [0.2, 0.25) is 0 Å². The molecule has 0 aliphatic heterocycles. The van der Waals surface area contributed by atoms with Crippen LogP contribution in [-0.2, 0) is 5.88 Å². The third kappa shape index (κ3) is 2.18. The molecular formula is C11H11ClN2O. The zero-order chi connectivity index (χ0) is 10.8. The second-order valence-corrected chi connectivity index (χ2v) is 3.78. The van der Waals surface area contributed by atoms with Gasteiger partial charge in [0.25, 0.3) is 0 Å². The Morgan fingerprint density at radius 1 is 1.13 bits per heavy atom. The van der Waals surface area contributed by atoms with Crippen LogP contribution in [0.15, 0.2) is 22.6 Å². The van der Waals surface area contributed by atoms with Gasteiger partial charge in [0.1, 0.15) is 5.88 Å². The maximum Gasteiger partial charge on any atom is 0.247 e. The predicted octanol–water partition coefficient (Wildman–Crippen LogP) is 3.09. The molecule has 2 rings (SSSR count). The highest BCUT2D eigenvalue weighted by Crippen LogP contribution is 2.21. The Kier molecular flexibility index (Phi) is 2.73. The molecule has 0 aliphatic rings. The number of benzene rings is 1. The summed E-state index contributed by atoms with van der Waals surface area (Å²) < 4.78 is 5.37. The van der Waals surface area contributed by atoms with Crippen molar-refractivity contribution < 1.29 is 4.42 Å². The molecule has 0 spiro atoms. The lowest BCUT2D eigenvalue weighted by molar-refractivity contribution is 0.527. The van der Waals surface area contributed by atoms with Crippen molar-refractivity contribution >= 4 is 11.6 Å². The molecule has 0 saturated carbocycles. The van der Waals surface area contributed by atoms with Crippen LogP contribution in [0.3, 0.4) is 0 Å². The van der Waals surface area contributed by atoms with Crippen molar-refractivity contribution in [1.29, 1.82) is 0 Å². The second-order valence-electron chi connectivity index (χ2n) is 3.51. The minimum Gasteiger partial charge on any atom is -0.419 e. The Morgan fingerprint density at radius 2 is 1.80 bits per heavy atom. The quantitative estimate of drug-likeness (QED) is 0.733. The van der Waals surface area contributed by atoms with Crippen LogP contribution in [0.5, 0.6) is 0 Å². The van der Waals surface area contributed by atoms with E-state index in [0.29, 0.717) is 11.8 Å². The number of halogens is 1. The van der Waals surface area contributed by atoms with Gasteiger partial charge in [-0.3, -0.25) is 0 Å². The van der Waals surface area contributed by atoms with Crippen molar-refractivity contribution in [1.82, 2.24) is 10.2 Å². The summed E-state index contributed by atoms with van der Waals surface area (Å²) in [7, 11) is 0. The van der Waals surface area contributed by atoms with Gasteiger partial charge in [0.05, 0.1) is 0 Å². The van der Waals surface area contributed by atoms with Crippen molar-refractivity contribution in [3.63, 3.8) is 0 Å². The van der Waals surface area contributed by atoms with Gasteiger partial charge in [0, 0.05) is 5.56 Å². The highest BCUT2D eigenvalue weighted by atomic mass is 35.5. The van der Waals surface area contributed by atoms with E-state index in [4.69, 9.17) is 16.0 Å². The van der Waals surface area contributed by atoms with Gasteiger partial charge in [-0.1, -0.05) is 17.2 Å². The third-order valence-electron chi connectivity index (χ3n) is 2.05. The summed E-state index contributed by atoms with van der Waals surface area (Å²) in [6.45, 7) is 4.07. The maximum atomic E-state index is 5.59. The molecular weight excluding hydrogens is 212 g/mol. The normalized spacial score (nSPS) is 10.6. The largest absolute Gasteiger partial charge is 0.419 e. The van der Waals surface area contributed by atoms with Gasteiger partial charge >= 0.3 is 0 Å². The van der Waals surface area contributed by atoms with E-state index in [2.05, 4.69) is 16.3 Å². The molecule has 0 aliphatic carbocycles. The first-order chi connectivity index (χ1) is 7.19. The van der Waals surface area contributed by atoms with E-state index in [1.165, 1.54) is 11.1 Å². The first kappa shape index (κ1) is 10.2. The molecule has 0 atom stereocenters. The van der Waals surface area contributed by atoms with Gasteiger partial charge in [0.2, 0.25) is 11.8 Å². The number of aromatic nitrogens is 2. The van der Waals surface area contributed by atoms with Crippen LogP contribution >= 0.6 is 11.6 Å². The number of aryl methyl sites for hydroxylation is 2. The fraction of sp³-hybridized carbons (Fsp3) is 0.273. The predicted molar refractivity (Wildman–Crippen MR) is 58.8 cm³/mol. The zero-order valence-electron chi connectivity index (χ0n) is 8.62. The summed E-state index contributed by atoms with van der Waals surface area (Å²) in [5.41, 5.74) is 3.29. The summed E-state index contributed by atoms with van der Waals surface area (Å²) >= 11 is 5.59. The van der Waals surface area contributed by atoms with E-state index >= 15 is 0 Å². The van der Waals surface area contributed by atoms with Crippen LogP contribution in [0, 0.1) is 13.8 Å². The lowest BCUT2D eigenvalue weighted by Crippen LogP contribution is -1.82. The van der Waals surface area contributed by atoms with E-state index in [9.17, 15) is 0 Å². The average molecular weight is 223 g/mol. The average Bonchev–Trinajstić information content (AvgIpc) is 2.64. The van der Waals surface area contributed by atoms with Crippen LogP contribution in [0.4, 0.5) is 0 Å². The van der Waals surface area contributed by atoms with E-state index in [1.54, 1.807) is 0 Å². The fourth-order valence-electron chi connectivity index (χ4n) is 1.52. The monoisotopic (exact) mass is 222 g/mol. The maximum absolute atomic E-state index is 5.59. The van der Waals surface area contributed by atoms with Gasteiger partial charge in [0.15, 0.2) is 0 Å². The smallest absolute Gasteiger partial charge is 0.247 e. The summed E-state index contributed by atoms with van der Waals surface area (Å²) in [4.78, 5) is 0. The van der Waals surface area contributed by atoms with E-state index < -0.39 is 0 Å². The molecule has 0 fully saturated rings. The molecule has 1 aromatic carbocycles. The zero-order valence-corrected chi connectivity index (χ0v) is 9.38. The van der Waals surface area contributed by atoms with Crippen molar-refractivity contribution in [3.05, 3.63) is 35.2 Å². The molecule has 78 valence electrons. The van der Waals surface area contributed by atoms with Crippen LogP contribution in [0.1, 0.15) is 17.0 Å². The summed E-state index contributed by atoms with van der Waals surface area (Å²) in [6.07, 6.45) is 0. The van der Waals surface area contributed by atoms with Crippen LogP contribution < -0.4 is 0 Å². The van der Waals surface area contributed by atoms with E-state index in [1.807, 2.05) is 26.0 Å². The molecule has 1 heterocycles. The molecule has 3 nitrogen and oxygen atoms in total. The van der Waals surface area contributed by atoms with Gasteiger partial charge in [-0.2, -0.15) is 0 Å². The summed E-state index contributed by atoms with van der Waals surface area (Å²) in [5.74, 6) is 1.22. The second kappa shape index (κ2) is 4.03. The number of rotatable bonds is 2. The number of alkyl halides is 1. The molecule has 1 aromatic heterocycles. The topological polar surface area (TPSA) is 38.9 Å². The highest BCUT2D eigenvalue weighted by molar-refractivity contribution is 6.16. The molecule has 15 heavy (non-hydrogen) atoms. The van der Waals surface area contributed by atoms with E-state index in [0.717, 1.165) is 5.56 Å². The molecule has 0 amide bonds. The van der Waals surface area contributed by atoms with Crippen molar-refractivity contribution in [2.75, 3.05) is 0 Å². The molecule has 0 bridgehead atoms. The Bertz CT molecular complexity index is 459. The molecule has 2 aromatic rings. The Hall–Kier alpha value is -1.35. The van der Waals surface area contributed by atoms with Crippen molar-refractivity contribution in [2.45, 2.75) is 19.7 Å². The Morgan fingerprint density at radius 3 is 2.33 bits per heavy atom. The van der Waals surface area contributed by atoms with Gasteiger partial charge in [-0.15, -0.1) is 21.8 Å². The van der Waals surface area contributed by atoms with Crippen LogP contribution in [-0.4, -0.2) is 10.2 Å². The summed E-state index contributed by atoms with van der Waals surface area (Å²) in [6, 6.07) is 6.12. The van der Waals surface area contributed by atoms with Gasteiger partial charge in [-0.05, 0) is 26.0 Å². The number of hydrogen-bond acceptors (Lipinski definition) is 3. The van der Waals surface area contributed by atoms with Crippen molar-refractivity contribution in [3.8, 4) is 11.5 Å². The van der Waals surface area contributed by atoms with Gasteiger partial charge in [-0.25, -0.2) is 0 Å². The highest BCUT2D eigenvalue weighted by Gasteiger charge is 2.08. The molecule has 0 radical (unpaired) electrons. The first-order valence-corrected chi connectivity index (χ1v) is 5.19. The number of hydrogen-bond donors (Lipinski definition) is 0. The molecule has 0 N–H and O–H groups in total. The molecule has 0 saturated heterocycles. The lowest BCUT2D eigenvalue weighted by Gasteiger charge is -1.99. The minimum atomic E-state index is 0.248. The van der Waals surface area contributed by atoms with Crippen LogP contribution in [0.25, 0.3) is 11.5 Å². The lowest BCUT2D eigenvalue weighted by atomic mass is 10.1. The summed E-state index contributed by atoms with van der Waals surface area (Å²) in [5, 5.41) is 7.76. The van der Waals surface area contributed by atoms with Crippen molar-refractivity contribution in [2.24, 2.45) is 0 Å². The number of nitrogens with zero attached hydrogens (tertiary/aromatic N) is 2. The Balaban J connectivity index is 2.44. The first-order valence-electron chi connectivity index (χ1n) is 4.66. The Labute approximate surface area is 93.1 Å². The molecule has 0 unspecified atom stereocenters.